The first kappa shape index (κ1) is 19.3. The van der Waals surface area contributed by atoms with Crippen molar-refractivity contribution in [3.63, 3.8) is 0 Å². The summed E-state index contributed by atoms with van der Waals surface area (Å²) >= 11 is 2.14. The Morgan fingerprint density at radius 3 is 2.78 bits per heavy atom. The van der Waals surface area contributed by atoms with Crippen molar-refractivity contribution in [1.82, 2.24) is 10.2 Å². The molecule has 2 aromatic rings. The molecule has 10 heteroatoms. The van der Waals surface area contributed by atoms with Gasteiger partial charge in [-0.3, -0.25) is 9.59 Å². The van der Waals surface area contributed by atoms with Gasteiger partial charge in [0, 0.05) is 18.7 Å². The number of hydrogen-bond acceptors (Lipinski definition) is 8. The number of aliphatic carboxylic acids is 1. The minimum absolute atomic E-state index is 0.102. The fourth-order valence-electron chi connectivity index (χ4n) is 2.68. The van der Waals surface area contributed by atoms with Crippen LogP contribution in [0.25, 0.3) is 0 Å². The van der Waals surface area contributed by atoms with E-state index in [-0.39, 0.29) is 23.4 Å². The zero-order valence-electron chi connectivity index (χ0n) is 14.5. The lowest BCUT2D eigenvalue weighted by Gasteiger charge is -2.16. The Morgan fingerprint density at radius 2 is 2.11 bits per heavy atom. The van der Waals surface area contributed by atoms with E-state index < -0.39 is 17.1 Å². The quantitative estimate of drug-likeness (QED) is 0.543. The molecule has 1 aromatic heterocycles. The molecule has 2 amide bonds. The number of carboxylic acids is 1. The minimum Gasteiger partial charge on any atom is -0.549 e. The molecule has 2 atom stereocenters. The molecule has 0 unspecified atom stereocenters. The molecule has 1 saturated heterocycles. The van der Waals surface area contributed by atoms with Crippen molar-refractivity contribution in [2.45, 2.75) is 29.4 Å². The van der Waals surface area contributed by atoms with Gasteiger partial charge in [-0.05, 0) is 18.6 Å². The van der Waals surface area contributed by atoms with Crippen LogP contribution < -0.4 is 15.3 Å². The molecule has 2 heterocycles. The summed E-state index contributed by atoms with van der Waals surface area (Å²) in [7, 11) is 0. The Bertz CT molecular complexity index is 842. The highest BCUT2D eigenvalue weighted by atomic mass is 32.2. The lowest BCUT2D eigenvalue weighted by molar-refractivity contribution is -0.304. The molecule has 142 valence electrons. The molecule has 0 spiro atoms. The van der Waals surface area contributed by atoms with Crippen LogP contribution in [0.5, 0.6) is 0 Å². The smallest absolute Gasteiger partial charge is 0.231 e. The maximum Gasteiger partial charge on any atom is 0.231 e. The van der Waals surface area contributed by atoms with E-state index in [9.17, 15) is 19.5 Å². The third kappa shape index (κ3) is 4.64. The highest BCUT2D eigenvalue weighted by Crippen LogP contribution is 2.31. The van der Waals surface area contributed by atoms with Gasteiger partial charge >= 0.3 is 0 Å². The summed E-state index contributed by atoms with van der Waals surface area (Å²) in [6.45, 7) is 2.05. The fourth-order valence-corrected chi connectivity index (χ4v) is 4.53. The Labute approximate surface area is 164 Å². The second-order valence-corrected chi connectivity index (χ2v) is 8.36. The molecule has 0 bridgehead atoms. The van der Waals surface area contributed by atoms with Gasteiger partial charge in [-0.15, -0.1) is 10.2 Å². The van der Waals surface area contributed by atoms with Gasteiger partial charge in [0.05, 0.1) is 17.1 Å². The number of carboxylic acid groups (broad SMARTS) is 1. The first-order chi connectivity index (χ1) is 13.0. The minimum atomic E-state index is -1.16. The number of thioether (sulfide) groups is 1. The average molecular weight is 405 g/mol. The van der Waals surface area contributed by atoms with Gasteiger partial charge in [-0.1, -0.05) is 48.2 Å². The van der Waals surface area contributed by atoms with Crippen molar-refractivity contribution in [1.29, 1.82) is 0 Å². The molecule has 1 aliphatic rings. The van der Waals surface area contributed by atoms with E-state index in [1.807, 2.05) is 30.3 Å². The third-order valence-corrected chi connectivity index (χ3v) is 6.34. The first-order valence-corrected chi connectivity index (χ1v) is 10.0. The van der Waals surface area contributed by atoms with Gasteiger partial charge in [-0.25, -0.2) is 0 Å². The summed E-state index contributed by atoms with van der Waals surface area (Å²) < 4.78 is 0.440. The van der Waals surface area contributed by atoms with E-state index in [0.29, 0.717) is 17.3 Å². The summed E-state index contributed by atoms with van der Waals surface area (Å²) in [4.78, 5) is 37.3. The number of nitrogens with zero attached hydrogens (tertiary/aromatic N) is 3. The van der Waals surface area contributed by atoms with Crippen LogP contribution in [0.15, 0.2) is 34.7 Å². The van der Waals surface area contributed by atoms with E-state index in [1.165, 1.54) is 0 Å². The molecule has 0 aliphatic carbocycles. The number of aromatic nitrogens is 2. The molecular weight excluding hydrogens is 388 g/mol. The van der Waals surface area contributed by atoms with Crippen LogP contribution in [0.2, 0.25) is 0 Å². The molecular formula is C17H17N4O4S2-. The molecule has 3 rings (SSSR count). The predicted molar refractivity (Wildman–Crippen MR) is 100 cm³/mol. The fraction of sp³-hybridized carbons (Fsp3) is 0.353. The Morgan fingerprint density at radius 1 is 1.37 bits per heavy atom. The molecule has 0 saturated carbocycles. The lowest BCUT2D eigenvalue weighted by Crippen LogP contribution is -2.32. The molecule has 1 aliphatic heterocycles. The SMILES string of the molecule is CC[C@@H](Sc1nnc(NC(=O)[C@H]2CC(=O)N(c3ccccc3)C2)s1)C(=O)[O-]. The number of para-hydroxylation sites is 1. The summed E-state index contributed by atoms with van der Waals surface area (Å²) in [6.07, 6.45) is 0.525. The van der Waals surface area contributed by atoms with Crippen molar-refractivity contribution in [3.8, 4) is 0 Å². The van der Waals surface area contributed by atoms with E-state index >= 15 is 0 Å². The molecule has 1 N–H and O–H groups in total. The van der Waals surface area contributed by atoms with Crippen LogP contribution in [-0.2, 0) is 14.4 Å². The lowest BCUT2D eigenvalue weighted by atomic mass is 10.1. The Hall–Kier alpha value is -2.46. The standard InChI is InChI=1S/C17H18N4O4S2/c1-2-12(15(24)25)26-17-20-19-16(27-17)18-14(23)10-8-13(22)21(9-10)11-6-4-3-5-7-11/h3-7,10,12H,2,8-9H2,1H3,(H,24,25)(H,18,19,23)/p-1/t10-,12+/m0/s1. The van der Waals surface area contributed by atoms with Crippen LogP contribution in [0.4, 0.5) is 10.8 Å². The Balaban J connectivity index is 1.60. The topological polar surface area (TPSA) is 115 Å². The van der Waals surface area contributed by atoms with E-state index in [2.05, 4.69) is 15.5 Å². The van der Waals surface area contributed by atoms with Crippen molar-refractivity contribution < 1.29 is 19.5 Å². The van der Waals surface area contributed by atoms with Crippen LogP contribution >= 0.6 is 23.1 Å². The third-order valence-electron chi connectivity index (χ3n) is 4.08. The van der Waals surface area contributed by atoms with Gasteiger partial charge in [0.1, 0.15) is 0 Å². The van der Waals surface area contributed by atoms with Gasteiger partial charge in [0.2, 0.25) is 16.9 Å². The largest absolute Gasteiger partial charge is 0.549 e. The van der Waals surface area contributed by atoms with Crippen molar-refractivity contribution in [2.24, 2.45) is 5.92 Å². The normalized spacial score (nSPS) is 17.7. The van der Waals surface area contributed by atoms with Crippen LogP contribution in [-0.4, -0.2) is 39.8 Å². The summed E-state index contributed by atoms with van der Waals surface area (Å²) in [5.41, 5.74) is 0.764. The van der Waals surface area contributed by atoms with Crippen LogP contribution in [0.3, 0.4) is 0 Å². The zero-order chi connectivity index (χ0) is 19.4. The van der Waals surface area contributed by atoms with Gasteiger partial charge in [0.15, 0.2) is 4.34 Å². The number of carbonyl (C=O) groups excluding carboxylic acids is 3. The number of carbonyl (C=O) groups is 3. The molecule has 8 nitrogen and oxygen atoms in total. The van der Waals surface area contributed by atoms with Crippen LogP contribution in [0.1, 0.15) is 19.8 Å². The molecule has 1 aromatic carbocycles. The summed E-state index contributed by atoms with van der Waals surface area (Å²) in [5, 5.41) is 21.0. The average Bonchev–Trinajstić information content (AvgIpc) is 3.26. The zero-order valence-corrected chi connectivity index (χ0v) is 16.1. The molecule has 1 fully saturated rings. The number of benzene rings is 1. The van der Waals surface area contributed by atoms with Crippen LogP contribution in [0, 0.1) is 5.92 Å². The monoisotopic (exact) mass is 405 g/mol. The summed E-state index contributed by atoms with van der Waals surface area (Å²) in [6, 6.07) is 9.20. The highest BCUT2D eigenvalue weighted by Gasteiger charge is 2.35. The van der Waals surface area contributed by atoms with E-state index in [0.717, 1.165) is 28.8 Å². The Kier molecular flexibility index (Phi) is 6.07. The molecule has 27 heavy (non-hydrogen) atoms. The van der Waals surface area contributed by atoms with Gasteiger partial charge in [0.25, 0.3) is 0 Å². The van der Waals surface area contributed by atoms with E-state index in [4.69, 9.17) is 0 Å². The number of hydrogen-bond donors (Lipinski definition) is 1. The number of anilines is 2. The second-order valence-electron chi connectivity index (χ2n) is 5.94. The van der Waals surface area contributed by atoms with Crippen molar-refractivity contribution in [2.75, 3.05) is 16.8 Å². The summed E-state index contributed by atoms with van der Waals surface area (Å²) in [5.74, 6) is -2.05. The van der Waals surface area contributed by atoms with E-state index in [1.54, 1.807) is 11.8 Å². The number of nitrogens with one attached hydrogen (secondary N) is 1. The maximum absolute atomic E-state index is 12.5. The number of amides is 2. The highest BCUT2D eigenvalue weighted by molar-refractivity contribution is 8.02. The van der Waals surface area contributed by atoms with Crippen molar-refractivity contribution in [3.05, 3.63) is 30.3 Å². The molecule has 0 radical (unpaired) electrons. The first-order valence-electron chi connectivity index (χ1n) is 8.35. The second kappa shape index (κ2) is 8.49. The predicted octanol–water partition coefficient (Wildman–Crippen LogP) is 1.15. The van der Waals surface area contributed by atoms with Crippen molar-refractivity contribution >= 4 is 51.7 Å². The maximum atomic E-state index is 12.5. The van der Waals surface area contributed by atoms with Gasteiger partial charge in [-0.2, -0.15) is 0 Å². The van der Waals surface area contributed by atoms with Gasteiger partial charge < -0.3 is 20.1 Å². The number of rotatable bonds is 7.